The molecule has 1 amide bonds. The highest BCUT2D eigenvalue weighted by Crippen LogP contribution is 2.33. The second kappa shape index (κ2) is 6.36. The first-order valence-electron chi connectivity index (χ1n) is 6.35. The minimum absolute atomic E-state index is 0.0720. The summed E-state index contributed by atoms with van der Waals surface area (Å²) in [5.41, 5.74) is 1.39. The van der Waals surface area contributed by atoms with Crippen LogP contribution in [0.1, 0.15) is 15.4 Å². The number of phenols is 1. The predicted molar refractivity (Wildman–Crippen MR) is 94.3 cm³/mol. The van der Waals surface area contributed by atoms with Gasteiger partial charge in [0, 0.05) is 5.56 Å². The maximum atomic E-state index is 12.2. The molecule has 3 aromatic rings. The van der Waals surface area contributed by atoms with Crippen molar-refractivity contribution < 1.29 is 9.90 Å². The fourth-order valence-corrected chi connectivity index (χ4v) is 4.04. The molecule has 0 aliphatic rings. The lowest BCUT2D eigenvalue weighted by Gasteiger charge is -2.06. The predicted octanol–water partition coefficient (Wildman–Crippen LogP) is 4.46. The highest BCUT2D eigenvalue weighted by atomic mass is 79.9. The number of hydrogen-bond acceptors (Lipinski definition) is 4. The van der Waals surface area contributed by atoms with Crippen LogP contribution in [0.5, 0.6) is 5.75 Å². The average Bonchev–Trinajstić information content (AvgIpc) is 2.92. The quantitative estimate of drug-likeness (QED) is 0.630. The van der Waals surface area contributed by atoms with Crippen LogP contribution >= 0.6 is 43.2 Å². The van der Waals surface area contributed by atoms with Crippen LogP contribution in [0.3, 0.4) is 0 Å². The summed E-state index contributed by atoms with van der Waals surface area (Å²) in [6, 6.07) is 11.0. The molecular formula is C15H10Br2N2O2S. The highest BCUT2D eigenvalue weighted by molar-refractivity contribution is 9.11. The van der Waals surface area contributed by atoms with Gasteiger partial charge in [0.05, 0.1) is 25.7 Å². The molecule has 3 rings (SSSR count). The minimum Gasteiger partial charge on any atom is -0.506 e. The molecule has 0 saturated carbocycles. The second-order valence-corrected chi connectivity index (χ2v) is 7.37. The molecule has 0 fully saturated rings. The summed E-state index contributed by atoms with van der Waals surface area (Å²) in [7, 11) is 0. The van der Waals surface area contributed by atoms with Crippen LogP contribution in [-0.4, -0.2) is 16.0 Å². The van der Waals surface area contributed by atoms with Crippen molar-refractivity contribution in [2.75, 3.05) is 0 Å². The second-order valence-electron chi connectivity index (χ2n) is 4.55. The Kier molecular flexibility index (Phi) is 4.46. The van der Waals surface area contributed by atoms with Gasteiger partial charge in [-0.2, -0.15) is 0 Å². The molecule has 2 aromatic carbocycles. The number of benzene rings is 2. The molecule has 0 saturated heterocycles. The molecule has 1 aromatic heterocycles. The Bertz CT molecular complexity index is 808. The fraction of sp³-hybridized carbons (Fsp3) is 0.0667. The van der Waals surface area contributed by atoms with Gasteiger partial charge in [0.1, 0.15) is 10.8 Å². The molecule has 4 nitrogen and oxygen atoms in total. The molecule has 0 bridgehead atoms. The molecule has 0 aliphatic carbocycles. The first-order chi connectivity index (χ1) is 10.5. The van der Waals surface area contributed by atoms with E-state index >= 15 is 0 Å². The Morgan fingerprint density at radius 1 is 1.23 bits per heavy atom. The smallest absolute Gasteiger partial charge is 0.251 e. The number of amides is 1. The Morgan fingerprint density at radius 3 is 2.59 bits per heavy atom. The van der Waals surface area contributed by atoms with Gasteiger partial charge in [-0.3, -0.25) is 4.79 Å². The van der Waals surface area contributed by atoms with E-state index in [0.717, 1.165) is 15.2 Å². The number of carbonyl (C=O) groups excluding carboxylic acids is 1. The highest BCUT2D eigenvalue weighted by Gasteiger charge is 2.12. The van der Waals surface area contributed by atoms with E-state index < -0.39 is 0 Å². The molecule has 0 unspecified atom stereocenters. The molecule has 0 spiro atoms. The van der Waals surface area contributed by atoms with E-state index in [0.29, 0.717) is 21.1 Å². The van der Waals surface area contributed by atoms with Gasteiger partial charge in [0.2, 0.25) is 0 Å². The van der Waals surface area contributed by atoms with Gasteiger partial charge in [-0.25, -0.2) is 4.98 Å². The number of para-hydroxylation sites is 1. The van der Waals surface area contributed by atoms with Crippen molar-refractivity contribution in [1.82, 2.24) is 10.3 Å². The lowest BCUT2D eigenvalue weighted by molar-refractivity contribution is 0.0950. The van der Waals surface area contributed by atoms with Crippen LogP contribution in [0.15, 0.2) is 45.3 Å². The topological polar surface area (TPSA) is 62.2 Å². The zero-order valence-corrected chi connectivity index (χ0v) is 15.1. The summed E-state index contributed by atoms with van der Waals surface area (Å²) in [5.74, 6) is -0.150. The Hall–Kier alpha value is -1.44. The molecule has 7 heteroatoms. The zero-order chi connectivity index (χ0) is 15.7. The van der Waals surface area contributed by atoms with E-state index in [1.807, 2.05) is 24.3 Å². The summed E-state index contributed by atoms with van der Waals surface area (Å²) in [6.07, 6.45) is 0. The number of nitrogens with one attached hydrogen (secondary N) is 1. The lowest BCUT2D eigenvalue weighted by Crippen LogP contribution is -2.22. The number of halogens is 2. The number of aromatic hydroxyl groups is 1. The molecule has 0 radical (unpaired) electrons. The van der Waals surface area contributed by atoms with Crippen molar-refractivity contribution in [3.8, 4) is 5.75 Å². The zero-order valence-electron chi connectivity index (χ0n) is 11.1. The average molecular weight is 442 g/mol. The van der Waals surface area contributed by atoms with Crippen molar-refractivity contribution in [3.63, 3.8) is 0 Å². The standard InChI is InChI=1S/C15H10Br2N2O2S/c16-9-5-8(6-10(17)14(9)20)15(21)18-7-13-19-11-3-1-2-4-12(11)22-13/h1-6,20H,7H2,(H,18,21). The Morgan fingerprint density at radius 2 is 1.91 bits per heavy atom. The van der Waals surface area contributed by atoms with Gasteiger partial charge in [-0.05, 0) is 56.1 Å². The SMILES string of the molecule is O=C(NCc1nc2ccccc2s1)c1cc(Br)c(O)c(Br)c1. The normalized spacial score (nSPS) is 10.8. The van der Waals surface area contributed by atoms with Gasteiger partial charge >= 0.3 is 0 Å². The maximum Gasteiger partial charge on any atom is 0.251 e. The van der Waals surface area contributed by atoms with Crippen molar-refractivity contribution >= 4 is 59.3 Å². The Balaban J connectivity index is 1.74. The van der Waals surface area contributed by atoms with Crippen molar-refractivity contribution in [2.45, 2.75) is 6.54 Å². The number of thiazole rings is 1. The van der Waals surface area contributed by atoms with Gasteiger partial charge < -0.3 is 10.4 Å². The largest absolute Gasteiger partial charge is 0.506 e. The number of carbonyl (C=O) groups is 1. The number of nitrogens with zero attached hydrogens (tertiary/aromatic N) is 1. The van der Waals surface area contributed by atoms with Crippen LogP contribution in [0.2, 0.25) is 0 Å². The molecule has 0 aliphatic heterocycles. The molecule has 1 heterocycles. The van der Waals surface area contributed by atoms with Crippen LogP contribution in [0.25, 0.3) is 10.2 Å². The third-order valence-electron chi connectivity index (χ3n) is 3.02. The van der Waals surface area contributed by atoms with Crippen molar-refractivity contribution in [2.24, 2.45) is 0 Å². The van der Waals surface area contributed by atoms with Crippen LogP contribution in [-0.2, 0) is 6.54 Å². The van der Waals surface area contributed by atoms with E-state index in [1.165, 1.54) is 0 Å². The summed E-state index contributed by atoms with van der Waals surface area (Å²) >= 11 is 7.99. The first kappa shape index (κ1) is 15.5. The molecule has 22 heavy (non-hydrogen) atoms. The number of aromatic nitrogens is 1. The van der Waals surface area contributed by atoms with E-state index in [4.69, 9.17) is 0 Å². The van der Waals surface area contributed by atoms with E-state index in [2.05, 4.69) is 42.2 Å². The maximum absolute atomic E-state index is 12.2. The van der Waals surface area contributed by atoms with E-state index in [9.17, 15) is 9.90 Å². The summed E-state index contributed by atoms with van der Waals surface area (Å²) in [4.78, 5) is 16.7. The third kappa shape index (κ3) is 3.16. The number of rotatable bonds is 3. The third-order valence-corrected chi connectivity index (χ3v) is 5.26. The van der Waals surface area contributed by atoms with Crippen LogP contribution < -0.4 is 5.32 Å². The molecule has 0 atom stereocenters. The Labute approximate surface area is 147 Å². The van der Waals surface area contributed by atoms with Gasteiger partial charge in [-0.1, -0.05) is 12.1 Å². The van der Waals surface area contributed by atoms with E-state index in [1.54, 1.807) is 23.5 Å². The number of fused-ring (bicyclic) bond motifs is 1. The van der Waals surface area contributed by atoms with Gasteiger partial charge in [0.25, 0.3) is 5.91 Å². The lowest BCUT2D eigenvalue weighted by atomic mass is 10.2. The minimum atomic E-state index is -0.222. The molecule has 112 valence electrons. The summed E-state index contributed by atoms with van der Waals surface area (Å²) in [6.45, 7) is 0.369. The fourth-order valence-electron chi connectivity index (χ4n) is 1.95. The summed E-state index contributed by atoms with van der Waals surface area (Å²) < 4.78 is 2.03. The summed E-state index contributed by atoms with van der Waals surface area (Å²) in [5, 5.41) is 13.4. The molecular weight excluding hydrogens is 432 g/mol. The number of hydrogen-bond donors (Lipinski definition) is 2. The molecule has 2 N–H and O–H groups in total. The van der Waals surface area contributed by atoms with Gasteiger partial charge in [0.15, 0.2) is 0 Å². The van der Waals surface area contributed by atoms with Crippen LogP contribution in [0, 0.1) is 0 Å². The van der Waals surface area contributed by atoms with Crippen LogP contribution in [0.4, 0.5) is 0 Å². The van der Waals surface area contributed by atoms with Crippen molar-refractivity contribution in [1.29, 1.82) is 0 Å². The first-order valence-corrected chi connectivity index (χ1v) is 8.75. The van der Waals surface area contributed by atoms with E-state index in [-0.39, 0.29) is 11.7 Å². The monoisotopic (exact) mass is 440 g/mol. The van der Waals surface area contributed by atoms with Crippen molar-refractivity contribution in [3.05, 3.63) is 55.9 Å². The van der Waals surface area contributed by atoms with Gasteiger partial charge in [-0.15, -0.1) is 11.3 Å². The number of phenolic OH excluding ortho intramolecular Hbond substituents is 1.